The third-order valence-corrected chi connectivity index (χ3v) is 7.35. The van der Waals surface area contributed by atoms with Crippen molar-refractivity contribution in [2.45, 2.75) is 115 Å². The van der Waals surface area contributed by atoms with E-state index in [4.69, 9.17) is 0 Å². The molecule has 0 unspecified atom stereocenters. The maximum Gasteiger partial charge on any atom is 0.508 e. The molecule has 6 atom stereocenters. The summed E-state index contributed by atoms with van der Waals surface area (Å²) in [5, 5.41) is 3.86. The van der Waals surface area contributed by atoms with Gasteiger partial charge in [-0.15, -0.1) is 5.01 Å². The van der Waals surface area contributed by atoms with Gasteiger partial charge in [0.15, 0.2) is 11.6 Å². The predicted molar refractivity (Wildman–Crippen MR) is 99.9 cm³/mol. The topological polar surface area (TPSA) is 15.6 Å². The van der Waals surface area contributed by atoms with Gasteiger partial charge < -0.3 is 0 Å². The summed E-state index contributed by atoms with van der Waals surface area (Å²) >= 11 is 0. The number of halogens is 6. The van der Waals surface area contributed by atoms with Gasteiger partial charge in [-0.3, -0.25) is 0 Å². The van der Waals surface area contributed by atoms with Gasteiger partial charge in [0, 0.05) is 35.9 Å². The van der Waals surface area contributed by atoms with Crippen molar-refractivity contribution in [3.8, 4) is 0 Å². The number of alkyl halides is 6. The SMILES string of the molecule is CC(C)(C)N1[C@@H]2CC[C@@H]([C@H]3[C@H]2[C@@H]2CC[C@H]3[N+](C(C)(C)C)N2C(F)(F)F)N1C(F)(F)F. The molecule has 0 spiro atoms. The number of nitrogens with zero attached hydrogens (tertiary/aromatic N) is 4. The summed E-state index contributed by atoms with van der Waals surface area (Å²) in [7, 11) is 0. The monoisotopic (exact) mass is 442 g/mol. The van der Waals surface area contributed by atoms with E-state index in [1.165, 1.54) is 10.0 Å². The van der Waals surface area contributed by atoms with E-state index in [0.29, 0.717) is 35.7 Å². The molecule has 0 N–H and O–H groups in total. The Labute approximate surface area is 174 Å². The molecule has 0 aromatic heterocycles. The zero-order valence-electron chi connectivity index (χ0n) is 18.3. The van der Waals surface area contributed by atoms with Crippen LogP contribution in [0.4, 0.5) is 26.3 Å². The van der Waals surface area contributed by atoms with Crippen LogP contribution in [0.5, 0.6) is 0 Å². The van der Waals surface area contributed by atoms with Crippen molar-refractivity contribution in [3.05, 3.63) is 0 Å². The van der Waals surface area contributed by atoms with Gasteiger partial charge in [-0.2, -0.15) is 26.3 Å². The molecule has 6 rings (SSSR count). The molecule has 30 heavy (non-hydrogen) atoms. The van der Waals surface area contributed by atoms with E-state index in [9.17, 15) is 26.3 Å². The molecule has 2 saturated carbocycles. The fraction of sp³-hybridized carbons (Fsp3) is 1.00. The Hall–Kier alpha value is -0.580. The minimum Gasteiger partial charge on any atom is -0.225 e. The van der Waals surface area contributed by atoms with E-state index in [1.54, 1.807) is 41.5 Å². The lowest BCUT2D eigenvalue weighted by Crippen LogP contribution is -2.86. The summed E-state index contributed by atoms with van der Waals surface area (Å²) < 4.78 is 85.5. The summed E-state index contributed by atoms with van der Waals surface area (Å²) in [5.41, 5.74) is -1.68. The zero-order valence-corrected chi connectivity index (χ0v) is 18.3. The second-order valence-corrected chi connectivity index (χ2v) is 11.2. The van der Waals surface area contributed by atoms with Crippen LogP contribution in [0.2, 0.25) is 0 Å². The predicted octanol–water partition coefficient (Wildman–Crippen LogP) is 4.82. The minimum absolute atomic E-state index is 0.366. The first-order valence-corrected chi connectivity index (χ1v) is 10.8. The van der Waals surface area contributed by atoms with E-state index in [2.05, 4.69) is 0 Å². The maximum atomic E-state index is 14.3. The highest BCUT2D eigenvalue weighted by Gasteiger charge is 2.76. The van der Waals surface area contributed by atoms with Crippen molar-refractivity contribution in [3.63, 3.8) is 0 Å². The van der Waals surface area contributed by atoms with Crippen LogP contribution in [0, 0.1) is 11.8 Å². The van der Waals surface area contributed by atoms with Crippen molar-refractivity contribution in [1.82, 2.24) is 20.0 Å². The summed E-state index contributed by atoms with van der Waals surface area (Å²) in [5.74, 6) is -0.860. The second-order valence-electron chi connectivity index (χ2n) is 11.2. The Morgan fingerprint density at radius 3 is 1.57 bits per heavy atom. The lowest BCUT2D eigenvalue weighted by atomic mass is 9.57. The Morgan fingerprint density at radius 1 is 0.633 bits per heavy atom. The number of hydrogen-bond donors (Lipinski definition) is 0. The summed E-state index contributed by atoms with van der Waals surface area (Å²) in [6.45, 7) is 10.3. The molecule has 4 bridgehead atoms. The van der Waals surface area contributed by atoms with Crippen LogP contribution in [0.25, 0.3) is 0 Å². The number of fused-ring (bicyclic) bond motifs is 4. The van der Waals surface area contributed by atoms with E-state index in [1.807, 2.05) is 0 Å². The number of hydrogen-bond acceptors (Lipinski definition) is 4. The quantitative estimate of drug-likeness (QED) is 0.304. The smallest absolute Gasteiger partial charge is 0.225 e. The molecule has 0 aromatic carbocycles. The molecule has 4 saturated heterocycles. The van der Waals surface area contributed by atoms with Crippen molar-refractivity contribution >= 4 is 0 Å². The average Bonchev–Trinajstić information content (AvgIpc) is 2.58. The van der Waals surface area contributed by atoms with Gasteiger partial charge >= 0.3 is 12.6 Å². The molecule has 6 aliphatic rings. The fourth-order valence-corrected chi connectivity index (χ4v) is 7.03. The number of rotatable bonds is 0. The van der Waals surface area contributed by atoms with E-state index < -0.39 is 59.7 Å². The van der Waals surface area contributed by atoms with Gasteiger partial charge in [0.2, 0.25) is 0 Å². The maximum absolute atomic E-state index is 14.3. The van der Waals surface area contributed by atoms with Gasteiger partial charge in [-0.1, -0.05) is 5.01 Å². The summed E-state index contributed by atoms with van der Waals surface area (Å²) in [6.07, 6.45) is -7.39. The normalized spacial score (nSPS) is 39.6. The molecule has 2 aliphatic carbocycles. The first-order valence-electron chi connectivity index (χ1n) is 10.8. The standard InChI is InChI=1S/C20H32F6N4/c1-17(2,3)27-11-7-9-13(29(27)19(21,22)23)16-12-8-10-14(15(11)16)30(20(24,25)26)28(12)18(4,5)6/h11-16H,7-10H2,1-6H3/q+1/t11-,12-,13+,14+,15-,16+/m1/s1. The van der Waals surface area contributed by atoms with Crippen LogP contribution < -0.4 is 5.01 Å². The molecule has 0 aromatic rings. The highest BCUT2D eigenvalue weighted by molar-refractivity contribution is 5.17. The third kappa shape index (κ3) is 3.19. The van der Waals surface area contributed by atoms with E-state index >= 15 is 0 Å². The van der Waals surface area contributed by atoms with Crippen molar-refractivity contribution in [2.75, 3.05) is 0 Å². The Bertz CT molecular complexity index is 565. The fourth-order valence-electron chi connectivity index (χ4n) is 7.03. The van der Waals surface area contributed by atoms with Crippen LogP contribution in [-0.4, -0.2) is 62.9 Å². The third-order valence-electron chi connectivity index (χ3n) is 7.35. The summed E-state index contributed by atoms with van der Waals surface area (Å²) in [4.78, 5) is 0. The van der Waals surface area contributed by atoms with E-state index in [0.717, 1.165) is 0 Å². The van der Waals surface area contributed by atoms with E-state index in [-0.39, 0.29) is 0 Å². The first-order chi connectivity index (χ1) is 13.5. The molecule has 0 amide bonds. The van der Waals surface area contributed by atoms with Crippen LogP contribution in [0.1, 0.15) is 67.2 Å². The number of hydrazine groups is 2. The van der Waals surface area contributed by atoms with Gasteiger partial charge in [0.05, 0.1) is 6.04 Å². The van der Waals surface area contributed by atoms with Crippen molar-refractivity contribution < 1.29 is 26.3 Å². The molecule has 4 heterocycles. The Morgan fingerprint density at radius 2 is 1.13 bits per heavy atom. The average molecular weight is 442 g/mol. The van der Waals surface area contributed by atoms with Crippen molar-refractivity contribution in [1.29, 1.82) is 0 Å². The van der Waals surface area contributed by atoms with Crippen molar-refractivity contribution in [2.24, 2.45) is 11.8 Å². The van der Waals surface area contributed by atoms with Gasteiger partial charge in [0.1, 0.15) is 0 Å². The molecular formula is C20H32F6N4+. The molecular weight excluding hydrogens is 410 g/mol. The highest BCUT2D eigenvalue weighted by atomic mass is 19.4. The van der Waals surface area contributed by atoms with Gasteiger partial charge in [0.25, 0.3) is 0 Å². The second kappa shape index (κ2) is 6.48. The van der Waals surface area contributed by atoms with Crippen LogP contribution in [-0.2, 0) is 0 Å². The Kier molecular flexibility index (Phi) is 4.88. The zero-order chi connectivity index (χ0) is 22.6. The first kappa shape index (κ1) is 22.6. The summed E-state index contributed by atoms with van der Waals surface area (Å²) in [6, 6.07) is -2.76. The minimum atomic E-state index is -4.56. The lowest BCUT2D eigenvalue weighted by molar-refractivity contribution is -0.422. The molecule has 10 heteroatoms. The molecule has 1 radical (unpaired) electrons. The highest BCUT2D eigenvalue weighted by Crippen LogP contribution is 2.59. The molecule has 4 aliphatic heterocycles. The Balaban J connectivity index is 1.85. The largest absolute Gasteiger partial charge is 0.508 e. The molecule has 4 nitrogen and oxygen atoms in total. The van der Waals surface area contributed by atoms with Gasteiger partial charge in [-0.25, -0.2) is 5.01 Å². The molecule has 6 fully saturated rings. The lowest BCUT2D eigenvalue weighted by Gasteiger charge is -2.69. The van der Waals surface area contributed by atoms with Crippen LogP contribution in [0.3, 0.4) is 0 Å². The van der Waals surface area contributed by atoms with Crippen LogP contribution in [0.15, 0.2) is 0 Å². The molecule has 173 valence electrons. The van der Waals surface area contributed by atoms with Crippen LogP contribution >= 0.6 is 0 Å². The van der Waals surface area contributed by atoms with Gasteiger partial charge in [-0.05, 0) is 65.8 Å².